The molecule has 30 heavy (non-hydrogen) atoms. The van der Waals surface area contributed by atoms with E-state index in [1.54, 1.807) is 12.3 Å². The van der Waals surface area contributed by atoms with Crippen LogP contribution in [0, 0.1) is 0 Å². The Hall–Kier alpha value is -2.27. The number of anilines is 1. The molecule has 0 fully saturated rings. The summed E-state index contributed by atoms with van der Waals surface area (Å²) in [7, 11) is 0. The fourth-order valence-corrected chi connectivity index (χ4v) is 2.47. The van der Waals surface area contributed by atoms with Gasteiger partial charge in [0.1, 0.15) is 24.7 Å². The maximum absolute atomic E-state index is 11.1. The van der Waals surface area contributed by atoms with E-state index in [4.69, 9.17) is 13.9 Å². The zero-order valence-electron chi connectivity index (χ0n) is 17.5. The molecule has 0 saturated heterocycles. The van der Waals surface area contributed by atoms with Gasteiger partial charge in [-0.25, -0.2) is 0 Å². The van der Waals surface area contributed by atoms with E-state index in [1.165, 1.54) is 6.92 Å². The quantitative estimate of drug-likeness (QED) is 0.169. The Kier molecular flexibility index (Phi) is 13.4. The van der Waals surface area contributed by atoms with Crippen molar-refractivity contribution in [2.75, 3.05) is 38.2 Å². The normalized spacial score (nSPS) is 10.8. The first kappa shape index (κ1) is 25.8. The Morgan fingerprint density at radius 2 is 2.03 bits per heavy atom. The Morgan fingerprint density at radius 3 is 2.77 bits per heavy atom. The predicted octanol–water partition coefficient (Wildman–Crippen LogP) is 3.40. The van der Waals surface area contributed by atoms with Crippen molar-refractivity contribution in [1.29, 1.82) is 0 Å². The molecule has 8 nitrogen and oxygen atoms in total. The molecule has 0 unspecified atom stereocenters. The number of halogens is 1. The van der Waals surface area contributed by atoms with Crippen LogP contribution in [-0.4, -0.2) is 44.7 Å². The summed E-state index contributed by atoms with van der Waals surface area (Å²) in [6.07, 6.45) is 2.46. The van der Waals surface area contributed by atoms with Crippen LogP contribution in [0.3, 0.4) is 0 Å². The van der Waals surface area contributed by atoms with Gasteiger partial charge in [-0.3, -0.25) is 9.79 Å². The molecule has 166 valence electrons. The van der Waals surface area contributed by atoms with Gasteiger partial charge in [-0.05, 0) is 37.6 Å². The molecule has 1 aromatic heterocycles. The number of furan rings is 1. The lowest BCUT2D eigenvalue weighted by molar-refractivity contribution is -0.114. The summed E-state index contributed by atoms with van der Waals surface area (Å²) in [5, 5.41) is 9.18. The predicted molar refractivity (Wildman–Crippen MR) is 129 cm³/mol. The summed E-state index contributed by atoms with van der Waals surface area (Å²) in [4.78, 5) is 15.7. The first-order valence-corrected chi connectivity index (χ1v) is 9.80. The number of aliphatic imine (C=N–C) groups is 1. The Morgan fingerprint density at radius 1 is 1.17 bits per heavy atom. The van der Waals surface area contributed by atoms with E-state index in [2.05, 4.69) is 20.9 Å². The van der Waals surface area contributed by atoms with Crippen molar-refractivity contribution in [1.82, 2.24) is 10.6 Å². The highest BCUT2D eigenvalue weighted by Crippen LogP contribution is 2.17. The molecular formula is C21H31IN4O4. The van der Waals surface area contributed by atoms with E-state index < -0.39 is 0 Å². The zero-order valence-corrected chi connectivity index (χ0v) is 19.8. The molecule has 0 bridgehead atoms. The summed E-state index contributed by atoms with van der Waals surface area (Å²) in [6, 6.07) is 11.1. The smallest absolute Gasteiger partial charge is 0.221 e. The van der Waals surface area contributed by atoms with Crippen molar-refractivity contribution in [2.24, 2.45) is 4.99 Å². The van der Waals surface area contributed by atoms with Crippen LogP contribution >= 0.6 is 24.0 Å². The van der Waals surface area contributed by atoms with Crippen LogP contribution in [0.1, 0.15) is 26.0 Å². The van der Waals surface area contributed by atoms with Crippen molar-refractivity contribution >= 4 is 41.5 Å². The minimum absolute atomic E-state index is 0. The zero-order chi connectivity index (χ0) is 20.7. The van der Waals surface area contributed by atoms with Gasteiger partial charge in [0.15, 0.2) is 5.96 Å². The lowest BCUT2D eigenvalue weighted by atomic mass is 10.3. The summed E-state index contributed by atoms with van der Waals surface area (Å²) < 4.78 is 16.5. The van der Waals surface area contributed by atoms with Gasteiger partial charge in [-0.1, -0.05) is 6.07 Å². The van der Waals surface area contributed by atoms with Crippen LogP contribution in [0.15, 0.2) is 52.1 Å². The molecule has 2 aromatic rings. The SMILES string of the molecule is CCNC(=NCCCOCc1ccco1)NCCOc1cccc(NC(C)=O)c1.I. The molecule has 0 aliphatic carbocycles. The molecule has 2 rings (SSSR count). The van der Waals surface area contributed by atoms with E-state index in [0.717, 1.165) is 24.7 Å². The summed E-state index contributed by atoms with van der Waals surface area (Å²) >= 11 is 0. The topological polar surface area (TPSA) is 97.1 Å². The van der Waals surface area contributed by atoms with Gasteiger partial charge < -0.3 is 29.8 Å². The van der Waals surface area contributed by atoms with Crippen molar-refractivity contribution in [3.05, 3.63) is 48.4 Å². The number of nitrogens with zero attached hydrogens (tertiary/aromatic N) is 1. The second-order valence-corrected chi connectivity index (χ2v) is 6.23. The molecule has 0 aliphatic heterocycles. The lowest BCUT2D eigenvalue weighted by Gasteiger charge is -2.12. The number of carbonyl (C=O) groups is 1. The van der Waals surface area contributed by atoms with Crippen molar-refractivity contribution < 1.29 is 18.7 Å². The average Bonchev–Trinajstić information content (AvgIpc) is 3.21. The molecule has 0 saturated carbocycles. The Bertz CT molecular complexity index is 753. The summed E-state index contributed by atoms with van der Waals surface area (Å²) in [5.74, 6) is 2.16. The fourth-order valence-electron chi connectivity index (χ4n) is 2.47. The van der Waals surface area contributed by atoms with Crippen LogP contribution in [0.4, 0.5) is 5.69 Å². The number of nitrogens with one attached hydrogen (secondary N) is 3. The summed E-state index contributed by atoms with van der Waals surface area (Å²) in [5.41, 5.74) is 0.715. The number of carbonyl (C=O) groups excluding carboxylic acids is 1. The number of benzene rings is 1. The second-order valence-electron chi connectivity index (χ2n) is 6.23. The molecule has 0 spiro atoms. The number of amides is 1. The van der Waals surface area contributed by atoms with Gasteiger partial charge >= 0.3 is 0 Å². The molecule has 3 N–H and O–H groups in total. The molecule has 1 aromatic carbocycles. The average molecular weight is 530 g/mol. The van der Waals surface area contributed by atoms with Gasteiger partial charge in [0.05, 0.1) is 12.8 Å². The van der Waals surface area contributed by atoms with Gasteiger partial charge in [0, 0.05) is 38.4 Å². The number of hydrogen-bond acceptors (Lipinski definition) is 5. The minimum Gasteiger partial charge on any atom is -0.492 e. The van der Waals surface area contributed by atoms with E-state index in [1.807, 2.05) is 37.3 Å². The fraction of sp³-hybridized carbons (Fsp3) is 0.429. The lowest BCUT2D eigenvalue weighted by Crippen LogP contribution is -2.39. The highest BCUT2D eigenvalue weighted by molar-refractivity contribution is 14.0. The van der Waals surface area contributed by atoms with Crippen molar-refractivity contribution in [3.63, 3.8) is 0 Å². The molecular weight excluding hydrogens is 499 g/mol. The standard InChI is InChI=1S/C21H30N4O4.HI/c1-3-22-21(23-10-6-12-27-16-20-9-5-13-28-20)24-11-14-29-19-8-4-7-18(15-19)25-17(2)26;/h4-5,7-9,13,15H,3,6,10-12,14,16H2,1-2H3,(H,25,26)(H2,22,23,24);1H. The van der Waals surface area contributed by atoms with Crippen molar-refractivity contribution in [3.8, 4) is 5.75 Å². The number of hydrogen-bond donors (Lipinski definition) is 3. The van der Waals surface area contributed by atoms with Gasteiger partial charge in [-0.2, -0.15) is 0 Å². The third-order valence-electron chi connectivity index (χ3n) is 3.70. The maximum atomic E-state index is 11.1. The van der Waals surface area contributed by atoms with Gasteiger partial charge in [0.2, 0.25) is 5.91 Å². The Labute approximate surface area is 194 Å². The van der Waals surface area contributed by atoms with Crippen molar-refractivity contribution in [2.45, 2.75) is 26.9 Å². The largest absolute Gasteiger partial charge is 0.492 e. The van der Waals surface area contributed by atoms with Crippen LogP contribution in [0.5, 0.6) is 5.75 Å². The first-order chi connectivity index (χ1) is 14.2. The number of guanidine groups is 1. The van der Waals surface area contributed by atoms with Crippen LogP contribution in [-0.2, 0) is 16.1 Å². The number of ether oxygens (including phenoxy) is 2. The molecule has 9 heteroatoms. The highest BCUT2D eigenvalue weighted by atomic mass is 127. The van der Waals surface area contributed by atoms with Crippen LogP contribution in [0.25, 0.3) is 0 Å². The van der Waals surface area contributed by atoms with Crippen LogP contribution < -0.4 is 20.7 Å². The van der Waals surface area contributed by atoms with Gasteiger partial charge in [-0.15, -0.1) is 24.0 Å². The molecule has 0 atom stereocenters. The maximum Gasteiger partial charge on any atom is 0.221 e. The van der Waals surface area contributed by atoms with Gasteiger partial charge in [0.25, 0.3) is 0 Å². The molecule has 1 heterocycles. The Balaban J connectivity index is 0.00000450. The van der Waals surface area contributed by atoms with E-state index >= 15 is 0 Å². The number of rotatable bonds is 12. The third-order valence-corrected chi connectivity index (χ3v) is 3.70. The first-order valence-electron chi connectivity index (χ1n) is 9.80. The van der Waals surface area contributed by atoms with E-state index in [-0.39, 0.29) is 29.9 Å². The molecule has 1 amide bonds. The summed E-state index contributed by atoms with van der Waals surface area (Å²) in [6.45, 7) is 7.11. The van der Waals surface area contributed by atoms with E-state index in [0.29, 0.717) is 44.3 Å². The molecule has 0 radical (unpaired) electrons. The third kappa shape index (κ3) is 11.1. The second kappa shape index (κ2) is 15.6. The highest BCUT2D eigenvalue weighted by Gasteiger charge is 2.01. The monoisotopic (exact) mass is 530 g/mol. The molecule has 0 aliphatic rings. The minimum atomic E-state index is -0.110. The van der Waals surface area contributed by atoms with Crippen LogP contribution in [0.2, 0.25) is 0 Å². The van der Waals surface area contributed by atoms with E-state index in [9.17, 15) is 4.79 Å².